The Morgan fingerprint density at radius 3 is 2.86 bits per heavy atom. The van der Waals surface area contributed by atoms with E-state index in [4.69, 9.17) is 15.1 Å². The third-order valence-corrected chi connectivity index (χ3v) is 7.18. The summed E-state index contributed by atoms with van der Waals surface area (Å²) in [7, 11) is 1.25. The Hall–Kier alpha value is -4.39. The van der Waals surface area contributed by atoms with Crippen LogP contribution in [0.15, 0.2) is 69.6 Å². The van der Waals surface area contributed by atoms with Gasteiger partial charge in [-0.3, -0.25) is 14.5 Å². The van der Waals surface area contributed by atoms with Crippen LogP contribution in [0.3, 0.4) is 0 Å². The SMILES string of the molecule is CON=C(C(=O)NC1C(=O)N2C(C(=O)[O-])=C(C[n+]3cccc4ccccc43)CS[C@@H]12)c1cc(N)on1. The van der Waals surface area contributed by atoms with E-state index in [1.54, 1.807) is 0 Å². The third-order valence-electron chi connectivity index (χ3n) is 5.85. The first-order chi connectivity index (χ1) is 17.4. The molecule has 184 valence electrons. The second-order valence-electron chi connectivity index (χ2n) is 8.03. The molecule has 13 heteroatoms. The number of nitrogens with two attached hydrogens (primary N) is 1. The Labute approximate surface area is 208 Å². The number of nitrogen functional groups attached to an aromatic ring is 1. The van der Waals surface area contributed by atoms with Crippen LogP contribution >= 0.6 is 11.8 Å². The molecule has 3 N–H and O–H groups in total. The summed E-state index contributed by atoms with van der Waals surface area (Å²) >= 11 is 1.35. The minimum absolute atomic E-state index is 0.0245. The first-order valence-corrected chi connectivity index (χ1v) is 11.8. The van der Waals surface area contributed by atoms with Gasteiger partial charge >= 0.3 is 0 Å². The van der Waals surface area contributed by atoms with Crippen molar-refractivity contribution < 1.29 is 33.4 Å². The van der Waals surface area contributed by atoms with E-state index in [1.807, 2.05) is 47.2 Å². The van der Waals surface area contributed by atoms with Crippen LogP contribution in [0.4, 0.5) is 5.88 Å². The van der Waals surface area contributed by atoms with Crippen LogP contribution in [0.5, 0.6) is 0 Å². The predicted octanol–water partition coefficient (Wildman–Crippen LogP) is -0.848. The number of carboxylic acids is 1. The Kier molecular flexibility index (Phi) is 6.06. The van der Waals surface area contributed by atoms with Crippen molar-refractivity contribution in [2.24, 2.45) is 5.16 Å². The van der Waals surface area contributed by atoms with Gasteiger partial charge in [0.15, 0.2) is 18.5 Å². The van der Waals surface area contributed by atoms with Crippen molar-refractivity contribution in [2.45, 2.75) is 18.0 Å². The molecule has 36 heavy (non-hydrogen) atoms. The van der Waals surface area contributed by atoms with Gasteiger partial charge in [-0.05, 0) is 12.1 Å². The number of rotatable bonds is 7. The zero-order valence-corrected chi connectivity index (χ0v) is 19.7. The molecule has 5 rings (SSSR count). The summed E-state index contributed by atoms with van der Waals surface area (Å²) < 4.78 is 6.70. The number of nitrogens with zero attached hydrogens (tertiary/aromatic N) is 4. The summed E-state index contributed by atoms with van der Waals surface area (Å²) in [6.45, 7) is 0.267. The molecule has 0 bridgehead atoms. The minimum Gasteiger partial charge on any atom is -0.543 e. The molecule has 1 fully saturated rings. The van der Waals surface area contributed by atoms with Crippen molar-refractivity contribution in [3.05, 3.63) is 65.6 Å². The minimum atomic E-state index is -1.45. The molecule has 0 radical (unpaired) electrons. The van der Waals surface area contributed by atoms with E-state index in [0.717, 1.165) is 15.8 Å². The molecule has 0 saturated carbocycles. The van der Waals surface area contributed by atoms with Gasteiger partial charge in [0.2, 0.25) is 11.4 Å². The molecular weight excluding hydrogens is 488 g/mol. The summed E-state index contributed by atoms with van der Waals surface area (Å²) in [5.74, 6) is -2.47. The molecule has 2 atom stereocenters. The van der Waals surface area contributed by atoms with Gasteiger partial charge in [-0.25, -0.2) is 0 Å². The molecule has 4 heterocycles. The number of aromatic nitrogens is 2. The molecule has 2 aliphatic heterocycles. The molecule has 1 unspecified atom stereocenters. The van der Waals surface area contributed by atoms with Crippen LogP contribution < -0.4 is 20.7 Å². The van der Waals surface area contributed by atoms with Crippen molar-refractivity contribution in [3.63, 3.8) is 0 Å². The zero-order valence-electron chi connectivity index (χ0n) is 18.9. The number of aliphatic carboxylic acids is 1. The molecule has 2 aromatic heterocycles. The van der Waals surface area contributed by atoms with Crippen molar-refractivity contribution in [2.75, 3.05) is 18.6 Å². The molecule has 1 saturated heterocycles. The van der Waals surface area contributed by atoms with E-state index in [9.17, 15) is 19.5 Å². The molecule has 3 aromatic rings. The third kappa shape index (κ3) is 4.02. The van der Waals surface area contributed by atoms with Gasteiger partial charge in [0.05, 0.1) is 11.7 Å². The maximum atomic E-state index is 13.0. The average Bonchev–Trinajstić information content (AvgIpc) is 3.31. The number of carbonyl (C=O) groups is 3. The molecule has 2 amide bonds. The monoisotopic (exact) mass is 508 g/mol. The second kappa shape index (κ2) is 9.34. The molecule has 0 spiro atoms. The standard InChI is InChI=1S/C23H20N6O6S/c1-34-27-17(14-9-16(24)35-26-14)20(30)25-18-21(31)29-19(23(32)33)13(11-36-22(18)29)10-28-8-4-6-12-5-2-3-7-15(12)28/h2-9,18,22H,10-11H2,1H3,(H3-,24,25,26,30,32,33)/t18?,22-/m0/s1. The number of fused-ring (bicyclic) bond motifs is 2. The lowest BCUT2D eigenvalue weighted by atomic mass is 10.0. The average molecular weight is 509 g/mol. The Bertz CT molecular complexity index is 1440. The number of carboxylic acid groups (broad SMARTS) is 1. The van der Waals surface area contributed by atoms with Crippen molar-refractivity contribution >= 4 is 52.0 Å². The normalized spacial score (nSPS) is 19.6. The number of para-hydroxylation sites is 1. The van der Waals surface area contributed by atoms with Crippen LogP contribution in [0, 0.1) is 0 Å². The van der Waals surface area contributed by atoms with Gasteiger partial charge in [-0.2, -0.15) is 4.57 Å². The van der Waals surface area contributed by atoms with E-state index >= 15 is 0 Å². The smallest absolute Gasteiger partial charge is 0.276 e. The zero-order chi connectivity index (χ0) is 25.4. The van der Waals surface area contributed by atoms with E-state index in [0.29, 0.717) is 11.3 Å². The first-order valence-electron chi connectivity index (χ1n) is 10.8. The van der Waals surface area contributed by atoms with Gasteiger partial charge in [0, 0.05) is 34.9 Å². The van der Waals surface area contributed by atoms with E-state index in [1.165, 1.54) is 24.9 Å². The highest BCUT2D eigenvalue weighted by Gasteiger charge is 2.53. The largest absolute Gasteiger partial charge is 0.543 e. The fourth-order valence-electron chi connectivity index (χ4n) is 4.26. The first kappa shape index (κ1) is 23.4. The van der Waals surface area contributed by atoms with Gasteiger partial charge < -0.3 is 30.3 Å². The number of hydrogen-bond donors (Lipinski definition) is 2. The summed E-state index contributed by atoms with van der Waals surface area (Å²) in [5, 5.41) is 22.4. The summed E-state index contributed by atoms with van der Waals surface area (Å²) in [6.07, 6.45) is 1.85. The topological polar surface area (TPSA) is 167 Å². The van der Waals surface area contributed by atoms with Gasteiger partial charge in [0.25, 0.3) is 11.8 Å². The fourth-order valence-corrected chi connectivity index (χ4v) is 5.60. The summed E-state index contributed by atoms with van der Waals surface area (Å²) in [6, 6.07) is 11.9. The number of thioether (sulfide) groups is 1. The molecule has 0 aliphatic carbocycles. The van der Waals surface area contributed by atoms with Crippen LogP contribution in [0.2, 0.25) is 0 Å². The lowest BCUT2D eigenvalue weighted by Crippen LogP contribution is -2.71. The Morgan fingerprint density at radius 2 is 2.14 bits per heavy atom. The second-order valence-corrected chi connectivity index (χ2v) is 9.14. The molecule has 2 aliphatic rings. The maximum absolute atomic E-state index is 13.0. The number of pyridine rings is 1. The number of amides is 2. The molecular formula is C23H20N6O6S. The lowest BCUT2D eigenvalue weighted by molar-refractivity contribution is -0.663. The Morgan fingerprint density at radius 1 is 1.36 bits per heavy atom. The highest BCUT2D eigenvalue weighted by atomic mass is 32.2. The highest BCUT2D eigenvalue weighted by Crippen LogP contribution is 2.40. The van der Waals surface area contributed by atoms with Crippen LogP contribution in [-0.4, -0.2) is 57.8 Å². The quantitative estimate of drug-likeness (QED) is 0.179. The van der Waals surface area contributed by atoms with Crippen LogP contribution in [0.1, 0.15) is 5.69 Å². The van der Waals surface area contributed by atoms with Gasteiger partial charge in [-0.1, -0.05) is 22.4 Å². The van der Waals surface area contributed by atoms with Crippen LogP contribution in [-0.2, 0) is 25.8 Å². The number of β-lactam (4-membered cyclic amide) rings is 1. The highest BCUT2D eigenvalue weighted by molar-refractivity contribution is 8.00. The number of carbonyl (C=O) groups excluding carboxylic acids is 3. The van der Waals surface area contributed by atoms with E-state index < -0.39 is 29.2 Å². The van der Waals surface area contributed by atoms with Gasteiger partial charge in [0.1, 0.15) is 24.2 Å². The number of anilines is 1. The van der Waals surface area contributed by atoms with E-state index in [2.05, 4.69) is 15.6 Å². The molecule has 12 nitrogen and oxygen atoms in total. The predicted molar refractivity (Wildman–Crippen MR) is 126 cm³/mol. The number of nitrogens with one attached hydrogen (secondary N) is 1. The fraction of sp³-hybridized carbons (Fsp3) is 0.217. The molecule has 1 aromatic carbocycles. The van der Waals surface area contributed by atoms with Crippen molar-refractivity contribution in [3.8, 4) is 0 Å². The maximum Gasteiger partial charge on any atom is 0.276 e. The summed E-state index contributed by atoms with van der Waals surface area (Å²) in [5.41, 5.74) is 6.58. The summed E-state index contributed by atoms with van der Waals surface area (Å²) in [4.78, 5) is 43.9. The van der Waals surface area contributed by atoms with Crippen LogP contribution in [0.25, 0.3) is 10.9 Å². The van der Waals surface area contributed by atoms with Gasteiger partial charge in [-0.15, -0.1) is 11.8 Å². The van der Waals surface area contributed by atoms with E-state index in [-0.39, 0.29) is 29.5 Å². The number of oxime groups is 1. The van der Waals surface area contributed by atoms with Crippen molar-refractivity contribution in [1.82, 2.24) is 15.4 Å². The Balaban J connectivity index is 1.38. The lowest BCUT2D eigenvalue weighted by Gasteiger charge is -2.50. The number of hydrogen-bond acceptors (Lipinski definition) is 10. The van der Waals surface area contributed by atoms with Crippen molar-refractivity contribution in [1.29, 1.82) is 0 Å². The number of benzene rings is 1.